The number of nitrogens with one attached hydrogen (secondary N) is 1. The maximum atomic E-state index is 5.51. The van der Waals surface area contributed by atoms with Crippen LogP contribution >= 0.6 is 24.0 Å². The number of guanidine groups is 1. The number of methoxy groups -OCH3 is 2. The first-order valence-corrected chi connectivity index (χ1v) is 9.53. The second kappa shape index (κ2) is 12.3. The second-order valence-corrected chi connectivity index (χ2v) is 7.15. The number of hydrogen-bond acceptors (Lipinski definition) is 5. The summed E-state index contributed by atoms with van der Waals surface area (Å²) in [5.74, 6) is 2.50. The van der Waals surface area contributed by atoms with Crippen molar-refractivity contribution in [3.8, 4) is 11.5 Å². The molecule has 1 N–H and O–H groups in total. The van der Waals surface area contributed by atoms with Crippen molar-refractivity contribution in [2.45, 2.75) is 19.5 Å². The van der Waals surface area contributed by atoms with Gasteiger partial charge in [0.25, 0.3) is 0 Å². The number of ether oxygens (including phenoxy) is 2. The molecule has 0 bridgehead atoms. The van der Waals surface area contributed by atoms with Gasteiger partial charge in [0, 0.05) is 71.0 Å². The molecule has 0 aliphatic carbocycles. The summed E-state index contributed by atoms with van der Waals surface area (Å²) in [7, 11) is 9.39. The first-order chi connectivity index (χ1) is 13.0. The van der Waals surface area contributed by atoms with Crippen molar-refractivity contribution in [1.82, 2.24) is 20.0 Å². The Hall–Kier alpha value is -1.26. The van der Waals surface area contributed by atoms with Crippen molar-refractivity contribution in [2.75, 3.05) is 68.1 Å². The van der Waals surface area contributed by atoms with Gasteiger partial charge < -0.3 is 24.6 Å². The van der Waals surface area contributed by atoms with Crippen molar-refractivity contribution >= 4 is 29.9 Å². The molecule has 2 rings (SSSR count). The van der Waals surface area contributed by atoms with E-state index in [0.29, 0.717) is 12.6 Å². The largest absolute Gasteiger partial charge is 0.497 e. The van der Waals surface area contributed by atoms with E-state index in [1.54, 1.807) is 14.2 Å². The first kappa shape index (κ1) is 24.8. The Morgan fingerprint density at radius 2 is 1.89 bits per heavy atom. The molecule has 1 saturated heterocycles. The Labute approximate surface area is 187 Å². The topological polar surface area (TPSA) is 52.6 Å². The van der Waals surface area contributed by atoms with Gasteiger partial charge in [-0.05, 0) is 26.1 Å². The normalized spacial score (nSPS) is 16.9. The quantitative estimate of drug-likeness (QED) is 0.348. The van der Waals surface area contributed by atoms with Crippen LogP contribution in [0.5, 0.6) is 11.5 Å². The molecule has 1 atom stereocenters. The van der Waals surface area contributed by atoms with Crippen molar-refractivity contribution < 1.29 is 9.47 Å². The molecule has 0 amide bonds. The van der Waals surface area contributed by atoms with Crippen molar-refractivity contribution in [3.63, 3.8) is 0 Å². The Morgan fingerprint density at radius 1 is 1.21 bits per heavy atom. The number of halogens is 1. The van der Waals surface area contributed by atoms with E-state index >= 15 is 0 Å². The molecule has 160 valence electrons. The minimum atomic E-state index is 0. The Balaban J connectivity index is 0.00000392. The molecule has 1 aromatic carbocycles. The van der Waals surface area contributed by atoms with Gasteiger partial charge in [0.15, 0.2) is 5.96 Å². The highest BCUT2D eigenvalue weighted by Gasteiger charge is 2.19. The average Bonchev–Trinajstić information content (AvgIpc) is 2.69. The van der Waals surface area contributed by atoms with E-state index in [0.717, 1.165) is 55.7 Å². The van der Waals surface area contributed by atoms with Crippen molar-refractivity contribution in [3.05, 3.63) is 23.8 Å². The van der Waals surface area contributed by atoms with Crippen LogP contribution in [0, 0.1) is 0 Å². The van der Waals surface area contributed by atoms with Gasteiger partial charge in [-0.3, -0.25) is 9.89 Å². The number of nitrogens with zero attached hydrogens (tertiary/aromatic N) is 4. The zero-order valence-corrected chi connectivity index (χ0v) is 20.4. The molecule has 1 heterocycles. The van der Waals surface area contributed by atoms with Crippen LogP contribution in [0.1, 0.15) is 12.5 Å². The van der Waals surface area contributed by atoms with Crippen LogP contribution in [0.15, 0.2) is 23.2 Å². The van der Waals surface area contributed by atoms with Gasteiger partial charge in [-0.25, -0.2) is 0 Å². The lowest BCUT2D eigenvalue weighted by Gasteiger charge is -2.37. The molecular weight excluding hydrogens is 469 g/mol. The molecule has 1 aromatic rings. The summed E-state index contributed by atoms with van der Waals surface area (Å²) < 4.78 is 10.8. The van der Waals surface area contributed by atoms with Crippen molar-refractivity contribution in [1.29, 1.82) is 0 Å². The van der Waals surface area contributed by atoms with Crippen LogP contribution in [-0.2, 0) is 6.54 Å². The Morgan fingerprint density at radius 3 is 2.46 bits per heavy atom. The number of aliphatic imine (C=N–C) groups is 1. The van der Waals surface area contributed by atoms with Gasteiger partial charge >= 0.3 is 0 Å². The van der Waals surface area contributed by atoms with Crippen LogP contribution in [0.3, 0.4) is 0 Å². The Bertz CT molecular complexity index is 621. The lowest BCUT2D eigenvalue weighted by atomic mass is 10.2. The van der Waals surface area contributed by atoms with E-state index in [1.807, 2.05) is 32.3 Å². The molecule has 1 aliphatic rings. The molecule has 7 nitrogen and oxygen atoms in total. The minimum absolute atomic E-state index is 0. The fourth-order valence-corrected chi connectivity index (χ4v) is 3.33. The van der Waals surface area contributed by atoms with Gasteiger partial charge in [0.2, 0.25) is 0 Å². The molecule has 0 aromatic heterocycles. The summed E-state index contributed by atoms with van der Waals surface area (Å²) in [6, 6.07) is 6.37. The number of rotatable bonds is 7. The van der Waals surface area contributed by atoms with Gasteiger partial charge in [0.05, 0.1) is 14.2 Å². The smallest absolute Gasteiger partial charge is 0.193 e. The standard InChI is InChI=1S/C20H35N5O2.HI/c1-16(25-11-9-23(3)10-12-25)14-22-20(21-2)24(4)15-17-7-8-18(26-5)13-19(17)27-6;/h7-8,13,16H,9-12,14-15H2,1-6H3,(H,21,22);1H. The van der Waals surface area contributed by atoms with Crippen LogP contribution in [0.4, 0.5) is 0 Å². The fraction of sp³-hybridized carbons (Fsp3) is 0.650. The summed E-state index contributed by atoms with van der Waals surface area (Å²) in [5.41, 5.74) is 1.09. The predicted molar refractivity (Wildman–Crippen MR) is 126 cm³/mol. The van der Waals surface area contributed by atoms with Crippen LogP contribution in [-0.4, -0.2) is 94.8 Å². The molecule has 0 saturated carbocycles. The maximum absolute atomic E-state index is 5.51. The highest BCUT2D eigenvalue weighted by Crippen LogP contribution is 2.25. The molecule has 8 heteroatoms. The van der Waals surface area contributed by atoms with E-state index in [1.165, 1.54) is 0 Å². The maximum Gasteiger partial charge on any atom is 0.193 e. The highest BCUT2D eigenvalue weighted by molar-refractivity contribution is 14.0. The third-order valence-corrected chi connectivity index (χ3v) is 5.19. The molecular formula is C20H36IN5O2. The Kier molecular flexibility index (Phi) is 10.9. The van der Waals surface area contributed by atoms with E-state index in [9.17, 15) is 0 Å². The van der Waals surface area contributed by atoms with E-state index in [2.05, 4.69) is 39.0 Å². The number of likely N-dealkylation sites (N-methyl/N-ethyl adjacent to an activating group) is 1. The summed E-state index contributed by atoms with van der Waals surface area (Å²) in [5, 5.41) is 3.51. The first-order valence-electron chi connectivity index (χ1n) is 9.53. The van der Waals surface area contributed by atoms with Gasteiger partial charge in [-0.1, -0.05) is 0 Å². The molecule has 0 radical (unpaired) electrons. The van der Waals surface area contributed by atoms with Crippen LogP contribution in [0.2, 0.25) is 0 Å². The fourth-order valence-electron chi connectivity index (χ4n) is 3.33. The molecule has 1 aliphatic heterocycles. The van der Waals surface area contributed by atoms with Crippen molar-refractivity contribution in [2.24, 2.45) is 4.99 Å². The summed E-state index contributed by atoms with van der Waals surface area (Å²) >= 11 is 0. The minimum Gasteiger partial charge on any atom is -0.497 e. The highest BCUT2D eigenvalue weighted by atomic mass is 127. The number of hydrogen-bond donors (Lipinski definition) is 1. The molecule has 1 fully saturated rings. The van der Waals surface area contributed by atoms with Gasteiger partial charge in [-0.2, -0.15) is 0 Å². The summed E-state index contributed by atoms with van der Waals surface area (Å²) in [4.78, 5) is 11.5. The number of piperazine rings is 1. The van der Waals surface area contributed by atoms with Crippen LogP contribution < -0.4 is 14.8 Å². The summed E-state index contributed by atoms with van der Waals surface area (Å²) in [6.07, 6.45) is 0. The third-order valence-electron chi connectivity index (χ3n) is 5.19. The lowest BCUT2D eigenvalue weighted by Crippen LogP contribution is -2.52. The van der Waals surface area contributed by atoms with E-state index < -0.39 is 0 Å². The van der Waals surface area contributed by atoms with E-state index in [-0.39, 0.29) is 24.0 Å². The van der Waals surface area contributed by atoms with Gasteiger partial charge in [0.1, 0.15) is 11.5 Å². The van der Waals surface area contributed by atoms with E-state index in [4.69, 9.17) is 9.47 Å². The van der Waals surface area contributed by atoms with Gasteiger partial charge in [-0.15, -0.1) is 24.0 Å². The third kappa shape index (κ3) is 6.97. The second-order valence-electron chi connectivity index (χ2n) is 7.15. The SMILES string of the molecule is CN=C(NCC(C)N1CCN(C)CC1)N(C)Cc1ccc(OC)cc1OC.I. The monoisotopic (exact) mass is 505 g/mol. The molecule has 0 spiro atoms. The average molecular weight is 505 g/mol. The van der Waals surface area contributed by atoms with Crippen LogP contribution in [0.25, 0.3) is 0 Å². The zero-order valence-electron chi connectivity index (χ0n) is 18.1. The molecule has 1 unspecified atom stereocenters. The molecule has 28 heavy (non-hydrogen) atoms. The lowest BCUT2D eigenvalue weighted by molar-refractivity contribution is 0.119. The zero-order chi connectivity index (χ0) is 19.8. The summed E-state index contributed by atoms with van der Waals surface area (Å²) in [6.45, 7) is 8.37. The predicted octanol–water partition coefficient (Wildman–Crippen LogP) is 1.96. The number of benzene rings is 1.